The second kappa shape index (κ2) is 11.9. The highest BCUT2D eigenvalue weighted by molar-refractivity contribution is 7.22. The lowest BCUT2D eigenvalue weighted by Crippen LogP contribution is -2.29. The highest BCUT2D eigenvalue weighted by Crippen LogP contribution is 2.46. The Kier molecular flexibility index (Phi) is 8.03. The van der Waals surface area contributed by atoms with Crippen LogP contribution in [0.2, 0.25) is 5.02 Å². The summed E-state index contributed by atoms with van der Waals surface area (Å²) in [6.07, 6.45) is 2.57. The number of hydrogen-bond donors (Lipinski definition) is 1. The molecule has 1 N–H and O–H groups in total. The van der Waals surface area contributed by atoms with E-state index in [1.807, 2.05) is 19.9 Å². The summed E-state index contributed by atoms with van der Waals surface area (Å²) in [6.45, 7) is 6.86. The summed E-state index contributed by atoms with van der Waals surface area (Å²) in [5.74, 6) is -0.0465. The van der Waals surface area contributed by atoms with Gasteiger partial charge in [0.2, 0.25) is 0 Å². The molecule has 1 amide bonds. The van der Waals surface area contributed by atoms with E-state index in [4.69, 9.17) is 25.8 Å². The Labute approximate surface area is 258 Å². The minimum Gasteiger partial charge on any atom is -0.507 e. The molecule has 2 aliphatic heterocycles. The SMILES string of the molecule is CCCCOc1ccc([C@@H]2/C(=C(\O)c3ccc4c(c3)C[C@H](C)O4)C(=O)C(=O)N2c2nc3ccc(Cl)cc3s2)cc1OCC. The molecule has 0 unspecified atom stereocenters. The monoisotopic (exact) mass is 618 g/mol. The van der Waals surface area contributed by atoms with E-state index in [1.54, 1.807) is 48.5 Å². The minimum absolute atomic E-state index is 0.0144. The number of unbranched alkanes of at least 4 members (excludes halogenated alkanes) is 1. The maximum atomic E-state index is 13.8. The van der Waals surface area contributed by atoms with Gasteiger partial charge in [-0.15, -0.1) is 0 Å². The van der Waals surface area contributed by atoms with Crippen LogP contribution in [0.1, 0.15) is 56.3 Å². The van der Waals surface area contributed by atoms with Gasteiger partial charge in [0.15, 0.2) is 16.6 Å². The number of carbonyl (C=O) groups is 2. The number of ether oxygens (including phenoxy) is 3. The van der Waals surface area contributed by atoms with E-state index in [9.17, 15) is 14.7 Å². The third-order valence-electron chi connectivity index (χ3n) is 7.50. The maximum Gasteiger partial charge on any atom is 0.301 e. The van der Waals surface area contributed by atoms with Crippen molar-refractivity contribution in [3.05, 3.63) is 81.9 Å². The number of amides is 1. The number of benzene rings is 3. The first-order valence-corrected chi connectivity index (χ1v) is 15.5. The van der Waals surface area contributed by atoms with E-state index < -0.39 is 17.7 Å². The molecule has 1 fully saturated rings. The minimum atomic E-state index is -0.969. The molecule has 2 aliphatic rings. The standard InChI is InChI=1S/C33H31ClN2O6S/c1-4-6-13-41-25-12-7-19(16-26(25)40-5-2)29-28(30(37)20-8-11-24-21(15-20)14-18(3)42-24)31(38)32(39)36(29)33-35-23-10-9-22(34)17-27(23)43-33/h7-12,15-18,29,37H,4-6,13-14H2,1-3H3/b30-28+/t18-,29+/m0/s1. The molecule has 222 valence electrons. The Balaban J connectivity index is 1.51. The van der Waals surface area contributed by atoms with Gasteiger partial charge < -0.3 is 19.3 Å². The first-order chi connectivity index (χ1) is 20.8. The van der Waals surface area contributed by atoms with Crippen molar-refractivity contribution in [2.75, 3.05) is 18.1 Å². The number of ketones is 1. The Bertz CT molecular complexity index is 1770. The number of thiazole rings is 1. The van der Waals surface area contributed by atoms with Gasteiger partial charge in [-0.3, -0.25) is 14.5 Å². The molecule has 0 saturated carbocycles. The number of nitrogens with zero attached hydrogens (tertiary/aromatic N) is 2. The molecular formula is C33H31ClN2O6S. The molecule has 0 bridgehead atoms. The van der Waals surface area contributed by atoms with Crippen LogP contribution < -0.4 is 19.1 Å². The van der Waals surface area contributed by atoms with Gasteiger partial charge >= 0.3 is 5.91 Å². The summed E-state index contributed by atoms with van der Waals surface area (Å²) in [5, 5.41) is 12.6. The molecular weight excluding hydrogens is 588 g/mol. The number of hydrogen-bond acceptors (Lipinski definition) is 8. The molecule has 43 heavy (non-hydrogen) atoms. The van der Waals surface area contributed by atoms with E-state index in [-0.39, 0.29) is 17.4 Å². The zero-order chi connectivity index (χ0) is 30.2. The van der Waals surface area contributed by atoms with Crippen LogP contribution in [-0.4, -0.2) is 41.1 Å². The highest BCUT2D eigenvalue weighted by Gasteiger charge is 2.48. The van der Waals surface area contributed by atoms with E-state index >= 15 is 0 Å². The molecule has 0 spiro atoms. The average Bonchev–Trinajstić information content (AvgIpc) is 3.65. The zero-order valence-corrected chi connectivity index (χ0v) is 25.6. The summed E-state index contributed by atoms with van der Waals surface area (Å²) in [5.41, 5.74) is 2.55. The van der Waals surface area contributed by atoms with Gasteiger partial charge in [0.25, 0.3) is 5.78 Å². The molecule has 0 radical (unpaired) electrons. The Morgan fingerprint density at radius 2 is 1.93 bits per heavy atom. The van der Waals surface area contributed by atoms with Crippen molar-refractivity contribution in [2.45, 2.75) is 52.2 Å². The third kappa shape index (κ3) is 5.43. The van der Waals surface area contributed by atoms with Gasteiger partial charge in [-0.1, -0.05) is 42.3 Å². The van der Waals surface area contributed by atoms with Crippen LogP contribution in [-0.2, 0) is 16.0 Å². The molecule has 0 aliphatic carbocycles. The normalized spacial score (nSPS) is 19.1. The third-order valence-corrected chi connectivity index (χ3v) is 8.75. The number of anilines is 1. The molecule has 10 heteroatoms. The number of carbonyl (C=O) groups excluding carboxylic acids is 2. The van der Waals surface area contributed by atoms with Crippen LogP contribution in [0, 0.1) is 0 Å². The lowest BCUT2D eigenvalue weighted by molar-refractivity contribution is -0.132. The predicted octanol–water partition coefficient (Wildman–Crippen LogP) is 7.48. The van der Waals surface area contributed by atoms with E-state index in [0.29, 0.717) is 57.9 Å². The number of aliphatic hydroxyl groups is 1. The lowest BCUT2D eigenvalue weighted by atomic mass is 9.94. The lowest BCUT2D eigenvalue weighted by Gasteiger charge is -2.24. The number of fused-ring (bicyclic) bond motifs is 2. The quantitative estimate of drug-likeness (QED) is 0.0899. The fourth-order valence-corrected chi connectivity index (χ4v) is 6.74. The molecule has 8 nitrogen and oxygen atoms in total. The van der Waals surface area contributed by atoms with Crippen molar-refractivity contribution in [3.63, 3.8) is 0 Å². The van der Waals surface area contributed by atoms with Crippen molar-refractivity contribution in [1.82, 2.24) is 4.98 Å². The fourth-order valence-electron chi connectivity index (χ4n) is 5.47. The van der Waals surface area contributed by atoms with Crippen LogP contribution in [0.5, 0.6) is 17.2 Å². The summed E-state index contributed by atoms with van der Waals surface area (Å²) < 4.78 is 18.5. The number of Topliss-reactive ketones (excluding diaryl/α,β-unsaturated/α-hetero) is 1. The van der Waals surface area contributed by atoms with E-state index in [2.05, 4.69) is 11.9 Å². The Morgan fingerprint density at radius 3 is 2.72 bits per heavy atom. The smallest absolute Gasteiger partial charge is 0.301 e. The zero-order valence-electron chi connectivity index (χ0n) is 24.1. The van der Waals surface area contributed by atoms with Crippen LogP contribution in [0.4, 0.5) is 5.13 Å². The second-order valence-corrected chi connectivity index (χ2v) is 12.0. The van der Waals surface area contributed by atoms with Gasteiger partial charge in [-0.05, 0) is 79.9 Å². The number of aromatic nitrogens is 1. The molecule has 1 aromatic heterocycles. The number of rotatable bonds is 9. The van der Waals surface area contributed by atoms with Crippen molar-refractivity contribution in [3.8, 4) is 17.2 Å². The first kappa shape index (κ1) is 29.0. The number of halogens is 1. The summed E-state index contributed by atoms with van der Waals surface area (Å²) >= 11 is 7.47. The second-order valence-electron chi connectivity index (χ2n) is 10.6. The van der Waals surface area contributed by atoms with Crippen molar-refractivity contribution < 1.29 is 28.9 Å². The number of aliphatic hydroxyl groups excluding tert-OH is 1. The molecule has 4 aromatic rings. The van der Waals surface area contributed by atoms with Crippen molar-refractivity contribution in [2.24, 2.45) is 0 Å². The summed E-state index contributed by atoms with van der Waals surface area (Å²) in [7, 11) is 0. The maximum absolute atomic E-state index is 13.8. The Hall–Kier alpha value is -4.08. The summed E-state index contributed by atoms with van der Waals surface area (Å²) in [4.78, 5) is 33.6. The Morgan fingerprint density at radius 1 is 1.09 bits per heavy atom. The van der Waals surface area contributed by atoms with Gasteiger partial charge in [0.1, 0.15) is 17.6 Å². The predicted molar refractivity (Wildman–Crippen MR) is 168 cm³/mol. The molecule has 6 rings (SSSR count). The highest BCUT2D eigenvalue weighted by atomic mass is 35.5. The topological polar surface area (TPSA) is 98.2 Å². The van der Waals surface area contributed by atoms with Crippen LogP contribution >= 0.6 is 22.9 Å². The van der Waals surface area contributed by atoms with Crippen molar-refractivity contribution in [1.29, 1.82) is 0 Å². The van der Waals surface area contributed by atoms with Crippen LogP contribution in [0.3, 0.4) is 0 Å². The molecule has 3 heterocycles. The fraction of sp³-hybridized carbons (Fsp3) is 0.303. The van der Waals surface area contributed by atoms with Gasteiger partial charge in [-0.2, -0.15) is 0 Å². The van der Waals surface area contributed by atoms with Gasteiger partial charge in [0.05, 0.1) is 35.0 Å². The van der Waals surface area contributed by atoms with Gasteiger partial charge in [0, 0.05) is 17.0 Å². The average molecular weight is 619 g/mol. The molecule has 3 aromatic carbocycles. The molecule has 1 saturated heterocycles. The van der Waals surface area contributed by atoms with E-state index in [0.717, 1.165) is 28.9 Å². The van der Waals surface area contributed by atoms with Gasteiger partial charge in [-0.25, -0.2) is 4.98 Å². The van der Waals surface area contributed by atoms with Crippen LogP contribution in [0.25, 0.3) is 16.0 Å². The van der Waals surface area contributed by atoms with E-state index in [1.165, 1.54) is 16.2 Å². The summed E-state index contributed by atoms with van der Waals surface area (Å²) in [6, 6.07) is 14.9. The van der Waals surface area contributed by atoms with Crippen molar-refractivity contribution >= 4 is 55.7 Å². The first-order valence-electron chi connectivity index (χ1n) is 14.4. The largest absolute Gasteiger partial charge is 0.507 e. The van der Waals surface area contributed by atoms with Crippen LogP contribution in [0.15, 0.2) is 60.2 Å². The molecule has 2 atom stereocenters.